The van der Waals surface area contributed by atoms with Crippen LogP contribution in [0.25, 0.3) is 17.1 Å². The van der Waals surface area contributed by atoms with Gasteiger partial charge in [-0.2, -0.15) is 0 Å². The summed E-state index contributed by atoms with van der Waals surface area (Å²) in [5, 5.41) is 13.2. The number of benzene rings is 2. The normalized spacial score (nSPS) is 10.8. The van der Waals surface area contributed by atoms with E-state index in [9.17, 15) is 4.79 Å². The molecule has 2 aromatic carbocycles. The fourth-order valence-electron chi connectivity index (χ4n) is 2.71. The molecular weight excluding hydrogens is 392 g/mol. The van der Waals surface area contributed by atoms with Gasteiger partial charge in [0.15, 0.2) is 11.0 Å². The zero-order valence-electron chi connectivity index (χ0n) is 15.8. The molecule has 28 heavy (non-hydrogen) atoms. The van der Waals surface area contributed by atoms with Gasteiger partial charge >= 0.3 is 0 Å². The highest BCUT2D eigenvalue weighted by molar-refractivity contribution is 7.99. The summed E-state index contributed by atoms with van der Waals surface area (Å²) < 4.78 is 2.05. The van der Waals surface area contributed by atoms with Gasteiger partial charge in [-0.3, -0.25) is 9.36 Å². The number of carbonyl (C=O) groups is 1. The number of para-hydroxylation sites is 1. The monoisotopic (exact) mass is 414 g/mol. The maximum atomic E-state index is 11.8. The van der Waals surface area contributed by atoms with Crippen molar-refractivity contribution < 1.29 is 4.79 Å². The molecule has 0 saturated carbocycles. The van der Waals surface area contributed by atoms with E-state index >= 15 is 0 Å². The van der Waals surface area contributed by atoms with E-state index in [1.165, 1.54) is 0 Å². The number of aromatic nitrogens is 3. The molecule has 7 heteroatoms. The number of hydrogen-bond donors (Lipinski definition) is 1. The average Bonchev–Trinajstić information content (AvgIpc) is 3.14. The molecule has 1 amide bonds. The molecule has 0 atom stereocenters. The zero-order chi connectivity index (χ0) is 19.8. The second-order valence-electron chi connectivity index (χ2n) is 6.29. The molecule has 0 aliphatic rings. The Bertz CT molecular complexity index is 897. The summed E-state index contributed by atoms with van der Waals surface area (Å²) in [5.74, 6) is 1.67. The maximum Gasteiger partial charge on any atom is 0.220 e. The van der Waals surface area contributed by atoms with Crippen molar-refractivity contribution in [3.05, 3.63) is 59.6 Å². The van der Waals surface area contributed by atoms with E-state index in [0.29, 0.717) is 11.4 Å². The van der Waals surface area contributed by atoms with Crippen molar-refractivity contribution in [2.24, 2.45) is 0 Å². The van der Waals surface area contributed by atoms with Crippen LogP contribution in [0.3, 0.4) is 0 Å². The van der Waals surface area contributed by atoms with E-state index in [-0.39, 0.29) is 5.91 Å². The Labute approximate surface area is 174 Å². The topological polar surface area (TPSA) is 59.8 Å². The molecule has 3 aromatic rings. The Morgan fingerprint density at radius 3 is 2.57 bits per heavy atom. The number of thioether (sulfide) groups is 1. The van der Waals surface area contributed by atoms with Gasteiger partial charge in [0.2, 0.25) is 5.91 Å². The molecule has 0 unspecified atom stereocenters. The van der Waals surface area contributed by atoms with Gasteiger partial charge in [0.1, 0.15) is 0 Å². The van der Waals surface area contributed by atoms with Crippen LogP contribution in [0.2, 0.25) is 5.02 Å². The van der Waals surface area contributed by atoms with Gasteiger partial charge in [0, 0.05) is 35.0 Å². The van der Waals surface area contributed by atoms with Crippen molar-refractivity contribution in [2.75, 3.05) is 12.3 Å². The van der Waals surface area contributed by atoms with Crippen LogP contribution in [0, 0.1) is 0 Å². The van der Waals surface area contributed by atoms with Crippen LogP contribution in [0.5, 0.6) is 0 Å². The van der Waals surface area contributed by atoms with Gasteiger partial charge in [-0.1, -0.05) is 48.5 Å². The predicted octanol–water partition coefficient (Wildman–Crippen LogP) is 4.99. The summed E-state index contributed by atoms with van der Waals surface area (Å²) in [4.78, 5) is 11.8. The molecule has 0 aliphatic heterocycles. The third kappa shape index (κ3) is 5.36. The van der Waals surface area contributed by atoms with Crippen molar-refractivity contribution in [1.29, 1.82) is 0 Å². The standard InChI is InChI=1S/C21H23ClN4OS/c1-2-14-23-19(27)9-6-15-28-21-25-24-20(16-10-12-17(22)13-11-16)26(21)18-7-4-3-5-8-18/h3-5,7-8,10-13H,2,6,9,14-15H2,1H3,(H,23,27). The van der Waals surface area contributed by atoms with Crippen LogP contribution in [0.4, 0.5) is 0 Å². The van der Waals surface area contributed by atoms with E-state index in [0.717, 1.165) is 47.4 Å². The SMILES string of the molecule is CCCNC(=O)CCCSc1nnc(-c2ccc(Cl)cc2)n1-c1ccccc1. The zero-order valence-corrected chi connectivity index (χ0v) is 17.3. The van der Waals surface area contributed by atoms with E-state index in [1.54, 1.807) is 11.8 Å². The first-order valence-electron chi connectivity index (χ1n) is 9.35. The first-order valence-corrected chi connectivity index (χ1v) is 10.7. The Morgan fingerprint density at radius 2 is 1.86 bits per heavy atom. The molecule has 1 N–H and O–H groups in total. The van der Waals surface area contributed by atoms with Crippen LogP contribution >= 0.6 is 23.4 Å². The number of nitrogens with one attached hydrogen (secondary N) is 1. The summed E-state index contributed by atoms with van der Waals surface area (Å²) in [6, 6.07) is 17.6. The smallest absolute Gasteiger partial charge is 0.220 e. The molecule has 1 aromatic heterocycles. The van der Waals surface area contributed by atoms with Crippen molar-refractivity contribution >= 4 is 29.3 Å². The minimum absolute atomic E-state index is 0.105. The summed E-state index contributed by atoms with van der Waals surface area (Å²) in [7, 11) is 0. The summed E-state index contributed by atoms with van der Waals surface area (Å²) in [5.41, 5.74) is 1.95. The third-order valence-electron chi connectivity index (χ3n) is 4.10. The molecule has 0 spiro atoms. The van der Waals surface area contributed by atoms with E-state index in [1.807, 2.05) is 66.1 Å². The Morgan fingerprint density at radius 1 is 1.11 bits per heavy atom. The molecule has 5 nitrogen and oxygen atoms in total. The number of rotatable bonds is 9. The number of amides is 1. The van der Waals surface area contributed by atoms with E-state index in [4.69, 9.17) is 11.6 Å². The molecule has 0 aliphatic carbocycles. The highest BCUT2D eigenvalue weighted by Crippen LogP contribution is 2.29. The molecule has 0 radical (unpaired) electrons. The predicted molar refractivity (Wildman–Crippen MR) is 115 cm³/mol. The summed E-state index contributed by atoms with van der Waals surface area (Å²) >= 11 is 7.63. The maximum absolute atomic E-state index is 11.8. The van der Waals surface area contributed by atoms with Gasteiger partial charge in [-0.25, -0.2) is 0 Å². The van der Waals surface area contributed by atoms with Crippen molar-refractivity contribution in [2.45, 2.75) is 31.3 Å². The second-order valence-corrected chi connectivity index (χ2v) is 7.78. The van der Waals surface area contributed by atoms with Gasteiger partial charge in [0.25, 0.3) is 0 Å². The lowest BCUT2D eigenvalue weighted by Crippen LogP contribution is -2.23. The number of carbonyl (C=O) groups excluding carboxylic acids is 1. The third-order valence-corrected chi connectivity index (χ3v) is 5.37. The van der Waals surface area contributed by atoms with Crippen LogP contribution < -0.4 is 5.32 Å². The minimum atomic E-state index is 0.105. The lowest BCUT2D eigenvalue weighted by atomic mass is 10.2. The van der Waals surface area contributed by atoms with Crippen LogP contribution in [0.15, 0.2) is 59.8 Å². The van der Waals surface area contributed by atoms with E-state index in [2.05, 4.69) is 15.5 Å². The van der Waals surface area contributed by atoms with Crippen molar-refractivity contribution in [3.8, 4) is 17.1 Å². The highest BCUT2D eigenvalue weighted by Gasteiger charge is 2.16. The van der Waals surface area contributed by atoms with Gasteiger partial charge in [-0.05, 0) is 49.2 Å². The quantitative estimate of drug-likeness (QED) is 0.396. The highest BCUT2D eigenvalue weighted by atomic mass is 35.5. The first-order chi connectivity index (χ1) is 13.7. The molecule has 1 heterocycles. The van der Waals surface area contributed by atoms with Gasteiger partial charge in [0.05, 0.1) is 0 Å². The number of hydrogen-bond acceptors (Lipinski definition) is 4. The summed E-state index contributed by atoms with van der Waals surface area (Å²) in [6.45, 7) is 2.78. The van der Waals surface area contributed by atoms with Gasteiger partial charge in [-0.15, -0.1) is 10.2 Å². The Kier molecular flexibility index (Phi) is 7.51. The average molecular weight is 415 g/mol. The largest absolute Gasteiger partial charge is 0.356 e. The number of halogens is 1. The Hall–Kier alpha value is -2.31. The number of nitrogens with zero attached hydrogens (tertiary/aromatic N) is 3. The van der Waals surface area contributed by atoms with Crippen LogP contribution in [-0.4, -0.2) is 33.0 Å². The lowest BCUT2D eigenvalue weighted by molar-refractivity contribution is -0.121. The molecular formula is C21H23ClN4OS. The van der Waals surface area contributed by atoms with Crippen LogP contribution in [0.1, 0.15) is 26.2 Å². The molecule has 146 valence electrons. The van der Waals surface area contributed by atoms with E-state index < -0.39 is 0 Å². The molecule has 3 rings (SSSR count). The van der Waals surface area contributed by atoms with Gasteiger partial charge < -0.3 is 5.32 Å². The van der Waals surface area contributed by atoms with Crippen LogP contribution in [-0.2, 0) is 4.79 Å². The fourth-order valence-corrected chi connectivity index (χ4v) is 3.72. The molecule has 0 bridgehead atoms. The van der Waals surface area contributed by atoms with Crippen molar-refractivity contribution in [3.63, 3.8) is 0 Å². The molecule has 0 saturated heterocycles. The molecule has 0 fully saturated rings. The minimum Gasteiger partial charge on any atom is -0.356 e. The van der Waals surface area contributed by atoms with Crippen molar-refractivity contribution in [1.82, 2.24) is 20.1 Å². The lowest BCUT2D eigenvalue weighted by Gasteiger charge is -2.10. The first kappa shape index (κ1) is 20.4. The fraction of sp³-hybridized carbons (Fsp3) is 0.286. The second kappa shape index (κ2) is 10.3. The summed E-state index contributed by atoms with van der Waals surface area (Å²) in [6.07, 6.45) is 2.27. The Balaban J connectivity index is 1.76.